The molecule has 4 aromatic rings. The first-order valence-electron chi connectivity index (χ1n) is 10.9. The Morgan fingerprint density at radius 2 is 1.54 bits per heavy atom. The lowest BCUT2D eigenvalue weighted by molar-refractivity contribution is -0.122. The quantitative estimate of drug-likeness (QED) is 0.291. The van der Waals surface area contributed by atoms with Crippen LogP contribution >= 0.6 is 11.6 Å². The Morgan fingerprint density at radius 3 is 2.34 bits per heavy atom. The van der Waals surface area contributed by atoms with Gasteiger partial charge < -0.3 is 4.74 Å². The number of carbonyl (C=O) groups is 3. The molecule has 5 rings (SSSR count). The molecular weight excluding hydrogens is 464 g/mol. The van der Waals surface area contributed by atoms with Gasteiger partial charge in [0.15, 0.2) is 0 Å². The summed E-state index contributed by atoms with van der Waals surface area (Å²) in [5, 5.41) is 4.94. The Labute approximate surface area is 206 Å². The number of carbonyl (C=O) groups excluding carboxylic acids is 3. The van der Waals surface area contributed by atoms with Crippen LogP contribution in [0.1, 0.15) is 11.1 Å². The Bertz CT molecular complexity index is 1490. The van der Waals surface area contributed by atoms with E-state index >= 15 is 0 Å². The summed E-state index contributed by atoms with van der Waals surface area (Å²) in [5.74, 6) is -0.997. The highest BCUT2D eigenvalue weighted by Crippen LogP contribution is 2.27. The standard InChI is InChI=1S/C28H19ClN2O4/c29-22-11-13-23(14-12-22)31-27(33)24(26(32)30-28(31)34)16-21-7-3-4-8-25(21)35-17-18-9-10-19-5-1-2-6-20(19)15-18/h1-16H,17H2,(H,30,32,34)/b24-16+. The molecule has 172 valence electrons. The van der Waals surface area contributed by atoms with Gasteiger partial charge in [-0.15, -0.1) is 0 Å². The molecule has 35 heavy (non-hydrogen) atoms. The first-order valence-corrected chi connectivity index (χ1v) is 11.2. The fraction of sp³-hybridized carbons (Fsp3) is 0.0357. The number of benzene rings is 4. The number of para-hydroxylation sites is 1. The third-order valence-corrected chi connectivity index (χ3v) is 5.87. The Balaban J connectivity index is 1.42. The average Bonchev–Trinajstić information content (AvgIpc) is 2.87. The van der Waals surface area contributed by atoms with Crippen molar-refractivity contribution >= 4 is 52.0 Å². The molecule has 6 nitrogen and oxygen atoms in total. The molecule has 4 amide bonds. The van der Waals surface area contributed by atoms with E-state index in [1.807, 2.05) is 42.5 Å². The van der Waals surface area contributed by atoms with E-state index in [1.165, 1.54) is 18.2 Å². The first kappa shape index (κ1) is 22.4. The van der Waals surface area contributed by atoms with Gasteiger partial charge in [-0.2, -0.15) is 0 Å². The highest BCUT2D eigenvalue weighted by atomic mass is 35.5. The van der Waals surface area contributed by atoms with E-state index in [2.05, 4.69) is 11.4 Å². The van der Waals surface area contributed by atoms with Gasteiger partial charge in [-0.1, -0.05) is 66.2 Å². The molecule has 1 saturated heterocycles. The van der Waals surface area contributed by atoms with Crippen molar-refractivity contribution in [3.8, 4) is 5.75 Å². The number of nitrogens with one attached hydrogen (secondary N) is 1. The number of fused-ring (bicyclic) bond motifs is 1. The Morgan fingerprint density at radius 1 is 0.829 bits per heavy atom. The normalized spacial score (nSPS) is 14.9. The van der Waals surface area contributed by atoms with Crippen LogP contribution in [0.15, 0.2) is 96.6 Å². The van der Waals surface area contributed by atoms with Crippen molar-refractivity contribution in [3.05, 3.63) is 113 Å². The molecule has 0 radical (unpaired) electrons. The number of rotatable bonds is 5. The van der Waals surface area contributed by atoms with Gasteiger partial charge in [0.1, 0.15) is 17.9 Å². The van der Waals surface area contributed by atoms with Crippen molar-refractivity contribution in [1.82, 2.24) is 5.32 Å². The molecule has 4 aromatic carbocycles. The lowest BCUT2D eigenvalue weighted by atomic mass is 10.1. The smallest absolute Gasteiger partial charge is 0.335 e. The summed E-state index contributed by atoms with van der Waals surface area (Å²) in [6, 6.07) is 26.6. The molecule has 0 atom stereocenters. The third-order valence-electron chi connectivity index (χ3n) is 5.61. The number of hydrogen-bond acceptors (Lipinski definition) is 4. The van der Waals surface area contributed by atoms with E-state index in [0.717, 1.165) is 21.2 Å². The monoisotopic (exact) mass is 482 g/mol. The van der Waals surface area contributed by atoms with Crippen molar-refractivity contribution in [2.24, 2.45) is 0 Å². The molecule has 0 aromatic heterocycles. The van der Waals surface area contributed by atoms with Gasteiger partial charge in [0.05, 0.1) is 5.69 Å². The summed E-state index contributed by atoms with van der Waals surface area (Å²) in [7, 11) is 0. The largest absolute Gasteiger partial charge is 0.488 e. The number of imide groups is 2. The number of hydrogen-bond donors (Lipinski definition) is 1. The van der Waals surface area contributed by atoms with Crippen LogP contribution in [-0.4, -0.2) is 17.8 Å². The lowest BCUT2D eigenvalue weighted by Crippen LogP contribution is -2.54. The molecule has 0 spiro atoms. The molecule has 1 aliphatic rings. The number of amides is 4. The SMILES string of the molecule is O=C1NC(=O)N(c2ccc(Cl)cc2)C(=O)/C1=C/c1ccccc1OCc1ccc2ccccc2c1. The molecule has 7 heteroatoms. The van der Waals surface area contributed by atoms with Crippen LogP contribution in [0.3, 0.4) is 0 Å². The van der Waals surface area contributed by atoms with Gasteiger partial charge >= 0.3 is 6.03 Å². The van der Waals surface area contributed by atoms with E-state index in [0.29, 0.717) is 28.6 Å². The zero-order valence-corrected chi connectivity index (χ0v) is 19.2. The minimum Gasteiger partial charge on any atom is -0.488 e. The summed E-state index contributed by atoms with van der Waals surface area (Å²) in [4.78, 5) is 39.0. The predicted octanol–water partition coefficient (Wildman–Crippen LogP) is 5.74. The number of ether oxygens (including phenoxy) is 1. The highest BCUT2D eigenvalue weighted by Gasteiger charge is 2.36. The number of anilines is 1. The van der Waals surface area contributed by atoms with E-state index in [-0.39, 0.29) is 5.57 Å². The van der Waals surface area contributed by atoms with E-state index in [4.69, 9.17) is 16.3 Å². The number of barbiturate groups is 1. The average molecular weight is 483 g/mol. The maximum Gasteiger partial charge on any atom is 0.335 e. The lowest BCUT2D eigenvalue weighted by Gasteiger charge is -2.26. The topological polar surface area (TPSA) is 75.7 Å². The molecule has 0 bridgehead atoms. The summed E-state index contributed by atoms with van der Waals surface area (Å²) in [6.45, 7) is 0.306. The molecule has 0 unspecified atom stereocenters. The van der Waals surface area contributed by atoms with Crippen LogP contribution in [0, 0.1) is 0 Å². The second-order valence-corrected chi connectivity index (χ2v) is 8.38. The summed E-state index contributed by atoms with van der Waals surface area (Å²) < 4.78 is 6.05. The van der Waals surface area contributed by atoms with Gasteiger partial charge in [0, 0.05) is 10.6 Å². The zero-order chi connectivity index (χ0) is 24.4. The van der Waals surface area contributed by atoms with Crippen molar-refractivity contribution in [1.29, 1.82) is 0 Å². The second-order valence-electron chi connectivity index (χ2n) is 7.94. The van der Waals surface area contributed by atoms with E-state index in [1.54, 1.807) is 30.3 Å². The van der Waals surface area contributed by atoms with Gasteiger partial charge in [0.25, 0.3) is 11.8 Å². The molecule has 0 saturated carbocycles. The van der Waals surface area contributed by atoms with Gasteiger partial charge in [-0.3, -0.25) is 14.9 Å². The third kappa shape index (κ3) is 4.65. The van der Waals surface area contributed by atoms with Gasteiger partial charge in [0.2, 0.25) is 0 Å². The van der Waals surface area contributed by atoms with Crippen LogP contribution in [0.2, 0.25) is 5.02 Å². The van der Waals surface area contributed by atoms with Crippen molar-refractivity contribution in [2.45, 2.75) is 6.61 Å². The highest BCUT2D eigenvalue weighted by molar-refractivity contribution is 6.39. The van der Waals surface area contributed by atoms with Crippen LogP contribution in [-0.2, 0) is 16.2 Å². The van der Waals surface area contributed by atoms with Crippen molar-refractivity contribution < 1.29 is 19.1 Å². The number of nitrogens with zero attached hydrogens (tertiary/aromatic N) is 1. The molecule has 1 N–H and O–H groups in total. The van der Waals surface area contributed by atoms with Crippen LogP contribution < -0.4 is 15.0 Å². The van der Waals surface area contributed by atoms with Gasteiger partial charge in [-0.05, 0) is 58.8 Å². The zero-order valence-electron chi connectivity index (χ0n) is 18.4. The predicted molar refractivity (Wildman–Crippen MR) is 135 cm³/mol. The number of urea groups is 1. The van der Waals surface area contributed by atoms with Crippen LogP contribution in [0.4, 0.5) is 10.5 Å². The Hall–Kier alpha value is -4.42. The minimum atomic E-state index is -0.819. The molecular formula is C28H19ClN2O4. The fourth-order valence-electron chi connectivity index (χ4n) is 3.86. The summed E-state index contributed by atoms with van der Waals surface area (Å²) in [5.41, 5.74) is 1.65. The maximum atomic E-state index is 13.2. The Kier molecular flexibility index (Phi) is 6.04. The first-order chi connectivity index (χ1) is 17.0. The molecule has 1 fully saturated rings. The minimum absolute atomic E-state index is 0.179. The second kappa shape index (κ2) is 9.44. The van der Waals surface area contributed by atoms with Gasteiger partial charge in [-0.25, -0.2) is 9.69 Å². The van der Waals surface area contributed by atoms with Crippen molar-refractivity contribution in [2.75, 3.05) is 4.90 Å². The molecule has 1 aliphatic heterocycles. The van der Waals surface area contributed by atoms with E-state index in [9.17, 15) is 14.4 Å². The van der Waals surface area contributed by atoms with Crippen LogP contribution in [0.25, 0.3) is 16.8 Å². The maximum absolute atomic E-state index is 13.2. The van der Waals surface area contributed by atoms with E-state index < -0.39 is 17.8 Å². The summed E-state index contributed by atoms with van der Waals surface area (Å²) >= 11 is 5.92. The summed E-state index contributed by atoms with van der Waals surface area (Å²) in [6.07, 6.45) is 1.43. The fourth-order valence-corrected chi connectivity index (χ4v) is 3.98. The molecule has 0 aliphatic carbocycles. The molecule has 1 heterocycles. The number of halogens is 1. The van der Waals surface area contributed by atoms with Crippen LogP contribution in [0.5, 0.6) is 5.75 Å². The van der Waals surface area contributed by atoms with Crippen molar-refractivity contribution in [3.63, 3.8) is 0 Å².